The van der Waals surface area contributed by atoms with Crippen LogP contribution in [0.4, 0.5) is 19.3 Å². The van der Waals surface area contributed by atoms with Crippen molar-refractivity contribution in [3.63, 3.8) is 0 Å². The Balaban J connectivity index is 1.89. The number of aryl methyl sites for hydroxylation is 1. The van der Waals surface area contributed by atoms with E-state index >= 15 is 0 Å². The Labute approximate surface area is 126 Å². The number of amides is 2. The first-order chi connectivity index (χ1) is 10.5. The van der Waals surface area contributed by atoms with Gasteiger partial charge < -0.3 is 15.7 Å². The zero-order valence-corrected chi connectivity index (χ0v) is 11.9. The van der Waals surface area contributed by atoms with Gasteiger partial charge in [0.15, 0.2) is 0 Å². The van der Waals surface area contributed by atoms with Crippen LogP contribution in [-0.2, 0) is 0 Å². The van der Waals surface area contributed by atoms with Gasteiger partial charge in [0.05, 0.1) is 11.8 Å². The fourth-order valence-corrected chi connectivity index (χ4v) is 1.86. The Kier molecular flexibility index (Phi) is 5.06. The Morgan fingerprint density at radius 1 is 1.18 bits per heavy atom. The molecular weight excluding hydrogens is 290 g/mol. The van der Waals surface area contributed by atoms with Gasteiger partial charge in [-0.3, -0.25) is 0 Å². The second-order valence-electron chi connectivity index (χ2n) is 4.89. The van der Waals surface area contributed by atoms with Gasteiger partial charge in [-0.05, 0) is 24.6 Å². The van der Waals surface area contributed by atoms with Gasteiger partial charge in [-0.25, -0.2) is 13.6 Å². The van der Waals surface area contributed by atoms with Crippen LogP contribution in [0.25, 0.3) is 0 Å². The molecule has 0 spiro atoms. The van der Waals surface area contributed by atoms with E-state index in [1.165, 1.54) is 0 Å². The van der Waals surface area contributed by atoms with E-state index in [4.69, 9.17) is 0 Å². The van der Waals surface area contributed by atoms with Crippen molar-refractivity contribution in [1.82, 2.24) is 5.32 Å². The molecule has 2 aromatic carbocycles. The van der Waals surface area contributed by atoms with Gasteiger partial charge in [-0.2, -0.15) is 0 Å². The van der Waals surface area contributed by atoms with Gasteiger partial charge in [-0.15, -0.1) is 0 Å². The van der Waals surface area contributed by atoms with E-state index in [1.54, 1.807) is 12.1 Å². The summed E-state index contributed by atoms with van der Waals surface area (Å²) in [7, 11) is 0. The number of hydrogen-bond acceptors (Lipinski definition) is 2. The third kappa shape index (κ3) is 4.26. The number of benzene rings is 2. The lowest BCUT2D eigenvalue weighted by molar-refractivity contribution is 0.175. The van der Waals surface area contributed by atoms with Crippen molar-refractivity contribution >= 4 is 11.7 Å². The minimum atomic E-state index is -0.885. The van der Waals surface area contributed by atoms with Crippen LogP contribution >= 0.6 is 0 Å². The molecule has 2 amide bonds. The molecule has 0 bridgehead atoms. The van der Waals surface area contributed by atoms with E-state index in [2.05, 4.69) is 10.6 Å². The highest BCUT2D eigenvalue weighted by molar-refractivity contribution is 5.89. The monoisotopic (exact) mass is 306 g/mol. The maximum atomic E-state index is 13.4. The van der Waals surface area contributed by atoms with E-state index in [0.717, 1.165) is 23.8 Å². The van der Waals surface area contributed by atoms with Crippen LogP contribution in [0.5, 0.6) is 0 Å². The zero-order chi connectivity index (χ0) is 16.1. The standard InChI is InChI=1S/C16H16F2N2O2/c1-10-2-4-11(5-3-10)15(21)9-19-16(22)20-14-8-12(17)6-7-13(14)18/h2-8,15,21H,9H2,1H3,(H2,19,20,22)/t15-/m1/s1. The summed E-state index contributed by atoms with van der Waals surface area (Å²) in [5, 5.41) is 14.5. The van der Waals surface area contributed by atoms with E-state index < -0.39 is 23.8 Å². The molecule has 0 heterocycles. The smallest absolute Gasteiger partial charge is 0.319 e. The molecule has 6 heteroatoms. The van der Waals surface area contributed by atoms with Crippen LogP contribution in [0, 0.1) is 18.6 Å². The summed E-state index contributed by atoms with van der Waals surface area (Å²) in [4.78, 5) is 11.6. The van der Waals surface area contributed by atoms with Crippen molar-refractivity contribution in [3.8, 4) is 0 Å². The minimum Gasteiger partial charge on any atom is -0.387 e. The molecular formula is C16H16F2N2O2. The first-order valence-electron chi connectivity index (χ1n) is 6.70. The molecule has 0 saturated heterocycles. The van der Waals surface area contributed by atoms with E-state index in [9.17, 15) is 18.7 Å². The highest BCUT2D eigenvalue weighted by atomic mass is 19.1. The summed E-state index contributed by atoms with van der Waals surface area (Å²) >= 11 is 0. The number of carbonyl (C=O) groups is 1. The van der Waals surface area contributed by atoms with Gasteiger partial charge in [0.25, 0.3) is 0 Å². The molecule has 0 fully saturated rings. The van der Waals surface area contributed by atoms with E-state index in [1.807, 2.05) is 19.1 Å². The van der Waals surface area contributed by atoms with Gasteiger partial charge >= 0.3 is 6.03 Å². The number of aliphatic hydroxyl groups is 1. The van der Waals surface area contributed by atoms with Crippen molar-refractivity contribution < 1.29 is 18.7 Å². The highest BCUT2D eigenvalue weighted by Crippen LogP contribution is 2.15. The number of nitrogens with one attached hydrogen (secondary N) is 2. The molecule has 22 heavy (non-hydrogen) atoms. The molecule has 4 nitrogen and oxygen atoms in total. The minimum absolute atomic E-state index is 0.0498. The number of carbonyl (C=O) groups excluding carboxylic acids is 1. The summed E-state index contributed by atoms with van der Waals surface area (Å²) in [6.07, 6.45) is -0.885. The molecule has 0 aromatic heterocycles. The predicted octanol–water partition coefficient (Wildman–Crippen LogP) is 3.13. The molecule has 2 aromatic rings. The Morgan fingerprint density at radius 3 is 2.55 bits per heavy atom. The van der Waals surface area contributed by atoms with Crippen LogP contribution in [0.1, 0.15) is 17.2 Å². The molecule has 0 radical (unpaired) electrons. The lowest BCUT2D eigenvalue weighted by Gasteiger charge is -2.13. The third-order valence-corrected chi connectivity index (χ3v) is 3.09. The summed E-state index contributed by atoms with van der Waals surface area (Å²) in [6, 6.07) is 9.24. The van der Waals surface area contributed by atoms with Crippen molar-refractivity contribution in [2.24, 2.45) is 0 Å². The Hall–Kier alpha value is -2.47. The van der Waals surface area contributed by atoms with Crippen LogP contribution in [-0.4, -0.2) is 17.7 Å². The van der Waals surface area contributed by atoms with E-state index in [0.29, 0.717) is 5.56 Å². The number of halogens is 2. The average Bonchev–Trinajstić information content (AvgIpc) is 2.49. The summed E-state index contributed by atoms with van der Waals surface area (Å²) < 4.78 is 26.4. The maximum Gasteiger partial charge on any atom is 0.319 e. The number of anilines is 1. The average molecular weight is 306 g/mol. The molecule has 2 rings (SSSR count). The van der Waals surface area contributed by atoms with E-state index in [-0.39, 0.29) is 12.2 Å². The predicted molar refractivity (Wildman–Crippen MR) is 79.5 cm³/mol. The van der Waals surface area contributed by atoms with Crippen LogP contribution < -0.4 is 10.6 Å². The SMILES string of the molecule is Cc1ccc([C@H](O)CNC(=O)Nc2cc(F)ccc2F)cc1. The number of aliphatic hydroxyl groups excluding tert-OH is 1. The van der Waals surface area contributed by atoms with Crippen molar-refractivity contribution in [2.45, 2.75) is 13.0 Å². The molecule has 1 atom stereocenters. The lowest BCUT2D eigenvalue weighted by atomic mass is 10.1. The van der Waals surface area contributed by atoms with Crippen LogP contribution in [0.15, 0.2) is 42.5 Å². The summed E-state index contributed by atoms with van der Waals surface area (Å²) in [5.74, 6) is -1.40. The molecule has 0 aliphatic carbocycles. The fraction of sp³-hybridized carbons (Fsp3) is 0.188. The lowest BCUT2D eigenvalue weighted by Crippen LogP contribution is -2.32. The van der Waals surface area contributed by atoms with Gasteiger partial charge in [0.1, 0.15) is 11.6 Å². The summed E-state index contributed by atoms with van der Waals surface area (Å²) in [6.45, 7) is 1.88. The molecule has 0 saturated carbocycles. The normalized spacial score (nSPS) is 11.8. The number of hydrogen-bond donors (Lipinski definition) is 3. The fourth-order valence-electron chi connectivity index (χ4n) is 1.86. The quantitative estimate of drug-likeness (QED) is 0.812. The van der Waals surface area contributed by atoms with Crippen LogP contribution in [0.2, 0.25) is 0 Å². The highest BCUT2D eigenvalue weighted by Gasteiger charge is 2.11. The second kappa shape index (κ2) is 7.00. The number of rotatable bonds is 4. The molecule has 116 valence electrons. The first kappa shape index (κ1) is 15.9. The molecule has 3 N–H and O–H groups in total. The van der Waals surface area contributed by atoms with Gasteiger partial charge in [0.2, 0.25) is 0 Å². The molecule has 0 aliphatic heterocycles. The second-order valence-corrected chi connectivity index (χ2v) is 4.89. The van der Waals surface area contributed by atoms with Crippen molar-refractivity contribution in [3.05, 3.63) is 65.2 Å². The van der Waals surface area contributed by atoms with Crippen molar-refractivity contribution in [1.29, 1.82) is 0 Å². The van der Waals surface area contributed by atoms with Crippen LogP contribution in [0.3, 0.4) is 0 Å². The van der Waals surface area contributed by atoms with Crippen molar-refractivity contribution in [2.75, 3.05) is 11.9 Å². The topological polar surface area (TPSA) is 61.4 Å². The zero-order valence-electron chi connectivity index (χ0n) is 11.9. The Bertz CT molecular complexity index is 660. The summed E-state index contributed by atoms with van der Waals surface area (Å²) in [5.41, 5.74) is 1.45. The van der Waals surface area contributed by atoms with Gasteiger partial charge in [0, 0.05) is 12.6 Å². The third-order valence-electron chi connectivity index (χ3n) is 3.09. The largest absolute Gasteiger partial charge is 0.387 e. The molecule has 0 unspecified atom stereocenters. The Morgan fingerprint density at radius 2 is 1.86 bits per heavy atom. The number of urea groups is 1. The first-order valence-corrected chi connectivity index (χ1v) is 6.70. The molecule has 0 aliphatic rings. The van der Waals surface area contributed by atoms with Gasteiger partial charge in [-0.1, -0.05) is 29.8 Å². The maximum absolute atomic E-state index is 13.4.